The van der Waals surface area contributed by atoms with Crippen LogP contribution in [0.4, 0.5) is 0 Å². The highest BCUT2D eigenvalue weighted by molar-refractivity contribution is 5.64. The molecule has 2 rings (SSSR count). The van der Waals surface area contributed by atoms with Crippen molar-refractivity contribution in [2.75, 3.05) is 0 Å². The Hall–Kier alpha value is -2.35. The van der Waals surface area contributed by atoms with E-state index in [2.05, 4.69) is 89.4 Å². The van der Waals surface area contributed by atoms with Crippen LogP contribution in [0.1, 0.15) is 118 Å². The summed E-state index contributed by atoms with van der Waals surface area (Å²) in [6, 6.07) is 7.14. The molecule has 1 unspecified atom stereocenters. The molecule has 1 N–H and O–H groups in total. The molecule has 0 heterocycles. The summed E-state index contributed by atoms with van der Waals surface area (Å²) in [6.45, 7) is 37.5. The third-order valence-corrected chi connectivity index (χ3v) is 6.05. The van der Waals surface area contributed by atoms with E-state index in [-0.39, 0.29) is 6.04 Å². The van der Waals surface area contributed by atoms with Gasteiger partial charge in [-0.1, -0.05) is 106 Å². The van der Waals surface area contributed by atoms with E-state index in [1.807, 2.05) is 40.8 Å². The van der Waals surface area contributed by atoms with Crippen molar-refractivity contribution in [1.29, 1.82) is 0 Å². The molecule has 0 fully saturated rings. The number of aliphatic imine (C=N–C) groups is 1. The van der Waals surface area contributed by atoms with Crippen LogP contribution in [0, 0.1) is 5.92 Å². The van der Waals surface area contributed by atoms with Crippen molar-refractivity contribution >= 4 is 11.8 Å². The van der Waals surface area contributed by atoms with E-state index < -0.39 is 0 Å². The van der Waals surface area contributed by atoms with Crippen LogP contribution in [0.25, 0.3) is 5.57 Å². The Bertz CT molecular complexity index is 810. The lowest BCUT2D eigenvalue weighted by atomic mass is 9.98. The molecule has 0 spiro atoms. The smallest absolute Gasteiger partial charge is 0.0677 e. The summed E-state index contributed by atoms with van der Waals surface area (Å²) in [4.78, 5) is 4.38. The number of nitrogens with one attached hydrogen (secondary N) is 1. The molecule has 2 atom stereocenters. The molecular formula is C33H56N2. The molecule has 2 heteroatoms. The fourth-order valence-electron chi connectivity index (χ4n) is 3.36. The van der Waals surface area contributed by atoms with E-state index in [4.69, 9.17) is 0 Å². The van der Waals surface area contributed by atoms with E-state index in [0.717, 1.165) is 48.4 Å². The number of hydrogen-bond acceptors (Lipinski definition) is 2. The van der Waals surface area contributed by atoms with E-state index in [1.54, 1.807) is 0 Å². The minimum absolute atomic E-state index is 0.113. The van der Waals surface area contributed by atoms with Crippen molar-refractivity contribution in [2.24, 2.45) is 10.9 Å². The molecule has 0 saturated heterocycles. The average molecular weight is 481 g/mol. The van der Waals surface area contributed by atoms with E-state index in [9.17, 15) is 0 Å². The van der Waals surface area contributed by atoms with Crippen molar-refractivity contribution in [1.82, 2.24) is 5.32 Å². The predicted molar refractivity (Wildman–Crippen MR) is 163 cm³/mol. The molecule has 1 aliphatic carbocycles. The van der Waals surface area contributed by atoms with Crippen molar-refractivity contribution < 1.29 is 0 Å². The number of allylic oxidation sites excluding steroid dienone is 2. The van der Waals surface area contributed by atoms with Gasteiger partial charge in [0.2, 0.25) is 0 Å². The summed E-state index contributed by atoms with van der Waals surface area (Å²) >= 11 is 0. The molecule has 0 radical (unpaired) electrons. The quantitative estimate of drug-likeness (QED) is 0.201. The van der Waals surface area contributed by atoms with Gasteiger partial charge >= 0.3 is 0 Å². The fraction of sp³-hybridized carbons (Fsp3) is 0.545. The van der Waals surface area contributed by atoms with Crippen LogP contribution in [0.3, 0.4) is 0 Å². The Kier molecular flexibility index (Phi) is 19.8. The largest absolute Gasteiger partial charge is 0.378 e. The molecule has 1 aliphatic rings. The van der Waals surface area contributed by atoms with Gasteiger partial charge < -0.3 is 5.32 Å². The van der Waals surface area contributed by atoms with Gasteiger partial charge in [0.25, 0.3) is 0 Å². The molecule has 198 valence electrons. The SMILES string of the molecule is C=C(CC(=C)C(C)N=CC)C(=C)N[C@H]1CCc2cc(C(=C)CC)ccc21.CC.CC.CCC(C)C. The Labute approximate surface area is 219 Å². The van der Waals surface area contributed by atoms with Crippen LogP contribution >= 0.6 is 0 Å². The Morgan fingerprint density at radius 1 is 1.06 bits per heavy atom. The molecule has 0 bridgehead atoms. The third kappa shape index (κ3) is 12.8. The van der Waals surface area contributed by atoms with E-state index in [1.165, 1.54) is 28.7 Å². The van der Waals surface area contributed by atoms with Crippen molar-refractivity contribution in [3.05, 3.63) is 78.0 Å². The number of fused-ring (bicyclic) bond motifs is 1. The van der Waals surface area contributed by atoms with Gasteiger partial charge in [0, 0.05) is 5.70 Å². The lowest BCUT2D eigenvalue weighted by Gasteiger charge is -2.20. The number of hydrogen-bond donors (Lipinski definition) is 1. The first kappa shape index (κ1) is 34.8. The van der Waals surface area contributed by atoms with Crippen LogP contribution in [0.2, 0.25) is 0 Å². The van der Waals surface area contributed by atoms with E-state index in [0.29, 0.717) is 6.04 Å². The zero-order chi connectivity index (χ0) is 27.6. The summed E-state index contributed by atoms with van der Waals surface area (Å²) in [5.74, 6) is 0.884. The number of aryl methyl sites for hydroxylation is 1. The summed E-state index contributed by atoms with van der Waals surface area (Å²) in [5, 5.41) is 3.58. The highest BCUT2D eigenvalue weighted by Gasteiger charge is 2.23. The topological polar surface area (TPSA) is 24.4 Å². The fourth-order valence-corrected chi connectivity index (χ4v) is 3.36. The summed E-state index contributed by atoms with van der Waals surface area (Å²) < 4.78 is 0. The minimum Gasteiger partial charge on any atom is -0.378 e. The maximum Gasteiger partial charge on any atom is 0.0677 e. The van der Waals surface area contributed by atoms with Gasteiger partial charge in [-0.25, -0.2) is 0 Å². The molecular weight excluding hydrogens is 424 g/mol. The van der Waals surface area contributed by atoms with Gasteiger partial charge in [-0.3, -0.25) is 4.99 Å². The third-order valence-electron chi connectivity index (χ3n) is 6.05. The molecule has 1 aromatic carbocycles. The van der Waals surface area contributed by atoms with Gasteiger partial charge in [0.15, 0.2) is 0 Å². The lowest BCUT2D eigenvalue weighted by Crippen LogP contribution is -2.19. The zero-order valence-electron chi connectivity index (χ0n) is 24.9. The Morgan fingerprint density at radius 2 is 1.63 bits per heavy atom. The average Bonchev–Trinajstić information content (AvgIpc) is 3.28. The van der Waals surface area contributed by atoms with Crippen molar-refractivity contribution in [3.63, 3.8) is 0 Å². The zero-order valence-corrected chi connectivity index (χ0v) is 24.9. The van der Waals surface area contributed by atoms with Crippen LogP contribution in [0.5, 0.6) is 0 Å². The predicted octanol–water partition coefficient (Wildman–Crippen LogP) is 10.3. The molecule has 0 amide bonds. The second kappa shape index (κ2) is 19.9. The first-order valence-corrected chi connectivity index (χ1v) is 13.7. The molecule has 2 nitrogen and oxygen atoms in total. The first-order valence-electron chi connectivity index (χ1n) is 13.7. The monoisotopic (exact) mass is 480 g/mol. The van der Waals surface area contributed by atoms with Gasteiger partial charge in [0.05, 0.1) is 12.1 Å². The minimum atomic E-state index is 0.113. The van der Waals surface area contributed by atoms with E-state index >= 15 is 0 Å². The van der Waals surface area contributed by atoms with Crippen LogP contribution < -0.4 is 5.32 Å². The summed E-state index contributed by atoms with van der Waals surface area (Å²) in [6.07, 6.45) is 7.01. The molecule has 35 heavy (non-hydrogen) atoms. The maximum atomic E-state index is 4.38. The molecule has 0 aromatic heterocycles. The maximum absolute atomic E-state index is 4.38. The van der Waals surface area contributed by atoms with Crippen molar-refractivity contribution in [2.45, 2.75) is 113 Å². The van der Waals surface area contributed by atoms with Crippen LogP contribution in [-0.2, 0) is 6.42 Å². The molecule has 0 saturated carbocycles. The van der Waals surface area contributed by atoms with Crippen LogP contribution in [-0.4, -0.2) is 12.3 Å². The van der Waals surface area contributed by atoms with Gasteiger partial charge in [-0.05, 0) is 85.1 Å². The summed E-state index contributed by atoms with van der Waals surface area (Å²) in [5.41, 5.74) is 8.20. The standard InChI is InChI=1S/C24H32N2.C5H12.2C2H6/c1-8-16(3)21-10-12-23-22(15-21)11-13-24(23)26-20(7)18(5)14-17(4)19(6)25-9-2;1-4-5(2)3;2*1-2/h9-10,12,15,19,24,26H,3-5,7-8,11,13-14H2,1-2,6H3;5H,4H2,1-3H3;2*1-2H3/t19?,24-;;;/m0.../s1. The highest BCUT2D eigenvalue weighted by Crippen LogP contribution is 2.34. The number of benzene rings is 1. The number of rotatable bonds is 10. The lowest BCUT2D eigenvalue weighted by molar-refractivity contribution is 0.596. The van der Waals surface area contributed by atoms with Crippen LogP contribution in [0.15, 0.2) is 66.4 Å². The van der Waals surface area contributed by atoms with Gasteiger partial charge in [-0.2, -0.15) is 0 Å². The molecule has 1 aromatic rings. The summed E-state index contributed by atoms with van der Waals surface area (Å²) in [7, 11) is 0. The number of nitrogens with zero attached hydrogens (tertiary/aromatic N) is 1. The highest BCUT2D eigenvalue weighted by atomic mass is 14.9. The Balaban J connectivity index is 0. The van der Waals surface area contributed by atoms with Gasteiger partial charge in [-0.15, -0.1) is 0 Å². The van der Waals surface area contributed by atoms with Gasteiger partial charge in [0.1, 0.15) is 0 Å². The first-order chi connectivity index (χ1) is 16.6. The van der Waals surface area contributed by atoms with Crippen molar-refractivity contribution in [3.8, 4) is 0 Å². The Morgan fingerprint density at radius 3 is 2.11 bits per heavy atom. The molecule has 0 aliphatic heterocycles. The normalized spacial score (nSPS) is 14.3. The second-order valence-corrected chi connectivity index (χ2v) is 8.91. The second-order valence-electron chi connectivity index (χ2n) is 8.91.